The molecule has 5 heteroatoms. The smallest absolute Gasteiger partial charge is 0.203 e. The van der Waals surface area contributed by atoms with Crippen LogP contribution in [0, 0.1) is 11.3 Å². The zero-order valence-electron chi connectivity index (χ0n) is 12.3. The molecular weight excluding hydrogens is 270 g/mol. The van der Waals surface area contributed by atoms with Gasteiger partial charge >= 0.3 is 0 Å². The second-order valence-electron chi connectivity index (χ2n) is 4.37. The van der Waals surface area contributed by atoms with E-state index in [1.54, 1.807) is 27.4 Å². The third-order valence-corrected chi connectivity index (χ3v) is 3.08. The summed E-state index contributed by atoms with van der Waals surface area (Å²) in [7, 11) is 4.69. The van der Waals surface area contributed by atoms with Crippen molar-refractivity contribution in [3.63, 3.8) is 0 Å². The first kappa shape index (κ1) is 14.9. The first-order chi connectivity index (χ1) is 10.2. The number of hydrogen-bond donors (Lipinski definition) is 0. The summed E-state index contributed by atoms with van der Waals surface area (Å²) in [5.74, 6) is 1.74. The lowest BCUT2D eigenvalue weighted by atomic mass is 10.0. The van der Waals surface area contributed by atoms with E-state index in [1.807, 2.05) is 18.2 Å². The summed E-state index contributed by atoms with van der Waals surface area (Å²) in [6.07, 6.45) is 5.63. The Morgan fingerprint density at radius 3 is 2.81 bits per heavy atom. The predicted molar refractivity (Wildman–Crippen MR) is 79.5 cm³/mol. The molecule has 1 aromatic rings. The Labute approximate surface area is 124 Å². The minimum atomic E-state index is 0.254. The van der Waals surface area contributed by atoms with Crippen LogP contribution < -0.4 is 14.2 Å². The number of methoxy groups -OCH3 is 3. The molecule has 0 spiro atoms. The third kappa shape index (κ3) is 3.01. The SMILES string of the molecule is COCC(C#N)=Cc1cc(OC)c(OC)c2c1C=CCO2. The first-order valence-corrected chi connectivity index (χ1v) is 6.43. The molecule has 0 aromatic heterocycles. The minimum absolute atomic E-state index is 0.254. The Bertz CT molecular complexity index is 626. The number of ether oxygens (including phenoxy) is 4. The molecule has 1 aliphatic rings. The maximum atomic E-state index is 9.15. The van der Waals surface area contributed by atoms with Gasteiger partial charge in [-0.1, -0.05) is 6.08 Å². The van der Waals surface area contributed by atoms with E-state index in [0.717, 1.165) is 11.1 Å². The van der Waals surface area contributed by atoms with Gasteiger partial charge in [0.05, 0.1) is 32.5 Å². The third-order valence-electron chi connectivity index (χ3n) is 3.08. The van der Waals surface area contributed by atoms with Gasteiger partial charge in [0.25, 0.3) is 0 Å². The van der Waals surface area contributed by atoms with E-state index >= 15 is 0 Å². The molecule has 0 saturated carbocycles. The highest BCUT2D eigenvalue weighted by Crippen LogP contribution is 2.44. The zero-order chi connectivity index (χ0) is 15.2. The number of hydrogen-bond acceptors (Lipinski definition) is 5. The van der Waals surface area contributed by atoms with Gasteiger partial charge in [-0.05, 0) is 23.8 Å². The molecule has 0 unspecified atom stereocenters. The van der Waals surface area contributed by atoms with Crippen molar-refractivity contribution in [2.75, 3.05) is 34.5 Å². The zero-order valence-corrected chi connectivity index (χ0v) is 12.3. The van der Waals surface area contributed by atoms with E-state index in [1.165, 1.54) is 0 Å². The van der Waals surface area contributed by atoms with Crippen molar-refractivity contribution in [2.24, 2.45) is 0 Å². The summed E-state index contributed by atoms with van der Waals surface area (Å²) in [4.78, 5) is 0. The highest BCUT2D eigenvalue weighted by molar-refractivity contribution is 5.78. The Kier molecular flexibility index (Phi) is 4.85. The maximum Gasteiger partial charge on any atom is 0.203 e. The van der Waals surface area contributed by atoms with E-state index in [4.69, 9.17) is 24.2 Å². The quantitative estimate of drug-likeness (QED) is 0.779. The molecule has 0 aliphatic carbocycles. The average molecular weight is 287 g/mol. The van der Waals surface area contributed by atoms with Gasteiger partial charge in [-0.25, -0.2) is 0 Å². The van der Waals surface area contributed by atoms with E-state index in [2.05, 4.69) is 6.07 Å². The molecule has 0 amide bonds. The van der Waals surface area contributed by atoms with Crippen LogP contribution in [0.1, 0.15) is 11.1 Å². The first-order valence-electron chi connectivity index (χ1n) is 6.43. The number of nitrogens with zero attached hydrogens (tertiary/aromatic N) is 1. The molecule has 110 valence electrons. The van der Waals surface area contributed by atoms with Crippen molar-refractivity contribution in [1.82, 2.24) is 0 Å². The van der Waals surface area contributed by atoms with Gasteiger partial charge in [-0.2, -0.15) is 5.26 Å². The number of nitriles is 1. The molecule has 0 bridgehead atoms. The maximum absolute atomic E-state index is 9.15. The average Bonchev–Trinajstić information content (AvgIpc) is 2.53. The molecule has 2 rings (SSSR count). The van der Waals surface area contributed by atoms with Gasteiger partial charge in [-0.3, -0.25) is 0 Å². The minimum Gasteiger partial charge on any atom is -0.493 e. The van der Waals surface area contributed by atoms with Crippen LogP contribution in [0.2, 0.25) is 0 Å². The van der Waals surface area contributed by atoms with E-state index in [9.17, 15) is 0 Å². The van der Waals surface area contributed by atoms with Gasteiger partial charge in [0.15, 0.2) is 11.5 Å². The predicted octanol–water partition coefficient (Wildman–Crippen LogP) is 2.66. The van der Waals surface area contributed by atoms with Crippen LogP contribution in [-0.2, 0) is 4.74 Å². The molecule has 0 N–H and O–H groups in total. The van der Waals surface area contributed by atoms with Crippen molar-refractivity contribution in [2.45, 2.75) is 0 Å². The second kappa shape index (κ2) is 6.82. The fourth-order valence-corrected chi connectivity index (χ4v) is 2.18. The van der Waals surface area contributed by atoms with Crippen LogP contribution in [0.25, 0.3) is 12.2 Å². The van der Waals surface area contributed by atoms with Gasteiger partial charge in [0, 0.05) is 12.7 Å². The van der Waals surface area contributed by atoms with Crippen LogP contribution >= 0.6 is 0 Å². The molecule has 0 radical (unpaired) electrons. The van der Waals surface area contributed by atoms with Gasteiger partial charge in [0.1, 0.15) is 6.61 Å². The fraction of sp³-hybridized carbons (Fsp3) is 0.312. The van der Waals surface area contributed by atoms with Crippen LogP contribution in [0.15, 0.2) is 17.7 Å². The molecule has 21 heavy (non-hydrogen) atoms. The Morgan fingerprint density at radius 2 is 2.19 bits per heavy atom. The van der Waals surface area contributed by atoms with Crippen LogP contribution in [-0.4, -0.2) is 34.5 Å². The molecule has 1 heterocycles. The van der Waals surface area contributed by atoms with E-state index in [-0.39, 0.29) is 6.61 Å². The standard InChI is InChI=1S/C16H17NO4/c1-18-10-11(9-17)7-12-8-14(19-2)16(20-3)15-13(12)5-4-6-21-15/h4-5,7-8H,6,10H2,1-3H3. The lowest BCUT2D eigenvalue weighted by Crippen LogP contribution is -2.05. The molecule has 1 aromatic carbocycles. The largest absolute Gasteiger partial charge is 0.493 e. The summed E-state index contributed by atoms with van der Waals surface area (Å²) in [5.41, 5.74) is 2.21. The Hall–Kier alpha value is -2.45. The van der Waals surface area contributed by atoms with Crippen molar-refractivity contribution < 1.29 is 18.9 Å². The Morgan fingerprint density at radius 1 is 1.38 bits per heavy atom. The fourth-order valence-electron chi connectivity index (χ4n) is 2.18. The van der Waals surface area contributed by atoms with Gasteiger partial charge < -0.3 is 18.9 Å². The van der Waals surface area contributed by atoms with Crippen molar-refractivity contribution >= 4 is 12.2 Å². The topological polar surface area (TPSA) is 60.7 Å². The van der Waals surface area contributed by atoms with E-state index in [0.29, 0.717) is 29.4 Å². The summed E-state index contributed by atoms with van der Waals surface area (Å²) in [6.45, 7) is 0.729. The van der Waals surface area contributed by atoms with Gasteiger partial charge in [0.2, 0.25) is 5.75 Å². The second-order valence-corrected chi connectivity index (χ2v) is 4.37. The normalized spacial score (nSPS) is 13.1. The lowest BCUT2D eigenvalue weighted by molar-refractivity contribution is 0.229. The summed E-state index contributed by atoms with van der Waals surface area (Å²) in [5, 5.41) is 9.15. The molecule has 0 saturated heterocycles. The highest BCUT2D eigenvalue weighted by atomic mass is 16.5. The number of rotatable bonds is 5. The van der Waals surface area contributed by atoms with Crippen LogP contribution in [0.4, 0.5) is 0 Å². The summed E-state index contributed by atoms with van der Waals surface area (Å²) in [6, 6.07) is 3.95. The molecule has 0 atom stereocenters. The van der Waals surface area contributed by atoms with E-state index < -0.39 is 0 Å². The Balaban J connectivity index is 2.62. The summed E-state index contributed by atoms with van der Waals surface area (Å²) >= 11 is 0. The van der Waals surface area contributed by atoms with Gasteiger partial charge in [-0.15, -0.1) is 0 Å². The molecule has 0 fully saturated rings. The molecule has 5 nitrogen and oxygen atoms in total. The number of fused-ring (bicyclic) bond motifs is 1. The van der Waals surface area contributed by atoms with Crippen molar-refractivity contribution in [3.8, 4) is 23.3 Å². The summed E-state index contributed by atoms with van der Waals surface area (Å²) < 4.78 is 21.4. The molecule has 1 aliphatic heterocycles. The monoisotopic (exact) mass is 287 g/mol. The number of benzene rings is 1. The van der Waals surface area contributed by atoms with Crippen molar-refractivity contribution in [1.29, 1.82) is 5.26 Å². The van der Waals surface area contributed by atoms with Crippen LogP contribution in [0.5, 0.6) is 17.2 Å². The highest BCUT2D eigenvalue weighted by Gasteiger charge is 2.20. The molecular formula is C16H17NO4. The van der Waals surface area contributed by atoms with Crippen LogP contribution in [0.3, 0.4) is 0 Å². The van der Waals surface area contributed by atoms with Crippen molar-refractivity contribution in [3.05, 3.63) is 28.8 Å². The lowest BCUT2D eigenvalue weighted by Gasteiger charge is -2.20.